The van der Waals surface area contributed by atoms with Crippen LogP contribution in [0.25, 0.3) is 38.0 Å². The van der Waals surface area contributed by atoms with Crippen LogP contribution in [0.3, 0.4) is 0 Å². The van der Waals surface area contributed by atoms with Crippen molar-refractivity contribution in [3.63, 3.8) is 0 Å². The molecule has 2 aromatic carbocycles. The van der Waals surface area contributed by atoms with E-state index in [-0.39, 0.29) is 12.5 Å². The fourth-order valence-electron chi connectivity index (χ4n) is 4.01. The summed E-state index contributed by atoms with van der Waals surface area (Å²) in [5.41, 5.74) is 5.58. The van der Waals surface area contributed by atoms with Gasteiger partial charge in [-0.1, -0.05) is 12.1 Å². The van der Waals surface area contributed by atoms with Crippen LogP contribution < -0.4 is 25.5 Å². The fraction of sp³-hybridized carbons (Fsp3) is 0.154. The molecule has 0 saturated heterocycles. The van der Waals surface area contributed by atoms with Gasteiger partial charge in [-0.05, 0) is 36.5 Å². The molecule has 6 aromatic rings. The molecule has 1 amide bonds. The maximum Gasteiger partial charge on any atom is 0.294 e. The number of amides is 1. The number of hydrazine groups is 1. The topological polar surface area (TPSA) is 139 Å². The van der Waals surface area contributed by atoms with Crippen molar-refractivity contribution in [1.29, 1.82) is 0 Å². The highest BCUT2D eigenvalue weighted by Gasteiger charge is 2.18. The smallest absolute Gasteiger partial charge is 0.294 e. The standard InChI is InChI=1S/C26H22N6O5S2/c1-13-19(28-24(38-13)15-6-4-14(5-7-15)23(33)30-27)12-36-20-8-16(34-2)9-21-17(20)10-22(37-21)18-11-32-25(29-18)39-26(31-32)35-3/h4-11H,12,27H2,1-3H3,(H,30,33). The van der Waals surface area contributed by atoms with E-state index >= 15 is 0 Å². The van der Waals surface area contributed by atoms with E-state index in [0.29, 0.717) is 44.3 Å². The number of nitrogens with zero attached hydrogens (tertiary/aromatic N) is 4. The molecule has 0 spiro atoms. The zero-order valence-electron chi connectivity index (χ0n) is 21.0. The lowest BCUT2D eigenvalue weighted by molar-refractivity contribution is 0.0953. The number of carbonyl (C=O) groups is 1. The van der Waals surface area contributed by atoms with Gasteiger partial charge in [-0.2, -0.15) is 0 Å². The molecule has 0 atom stereocenters. The maximum absolute atomic E-state index is 11.7. The molecule has 3 N–H and O–H groups in total. The lowest BCUT2D eigenvalue weighted by Crippen LogP contribution is -2.29. The number of nitrogen functional groups attached to an aromatic ring is 1. The van der Waals surface area contributed by atoms with Crippen LogP contribution in [0.4, 0.5) is 0 Å². The number of aromatic nitrogens is 4. The lowest BCUT2D eigenvalue weighted by Gasteiger charge is -2.08. The molecule has 4 heterocycles. The summed E-state index contributed by atoms with van der Waals surface area (Å²) in [4.78, 5) is 22.8. The molecular weight excluding hydrogens is 540 g/mol. The quantitative estimate of drug-likeness (QED) is 0.152. The predicted molar refractivity (Wildman–Crippen MR) is 147 cm³/mol. The Morgan fingerprint density at radius 2 is 1.92 bits per heavy atom. The normalized spacial score (nSPS) is 11.3. The van der Waals surface area contributed by atoms with E-state index in [1.165, 1.54) is 11.3 Å². The third-order valence-electron chi connectivity index (χ3n) is 6.04. The van der Waals surface area contributed by atoms with Gasteiger partial charge in [0.05, 0.1) is 31.5 Å². The Morgan fingerprint density at radius 3 is 2.64 bits per heavy atom. The van der Waals surface area contributed by atoms with Gasteiger partial charge in [0, 0.05) is 28.1 Å². The molecule has 0 radical (unpaired) electrons. The van der Waals surface area contributed by atoms with Crippen LogP contribution in [-0.2, 0) is 6.61 Å². The number of ether oxygens (including phenoxy) is 3. The summed E-state index contributed by atoms with van der Waals surface area (Å²) in [7, 11) is 3.17. The first-order chi connectivity index (χ1) is 18.9. The Kier molecular flexibility index (Phi) is 6.38. The van der Waals surface area contributed by atoms with Gasteiger partial charge >= 0.3 is 0 Å². The molecule has 0 aliphatic carbocycles. The van der Waals surface area contributed by atoms with Crippen molar-refractivity contribution in [3.05, 3.63) is 64.8 Å². The highest BCUT2D eigenvalue weighted by Crippen LogP contribution is 2.38. The summed E-state index contributed by atoms with van der Waals surface area (Å²) in [6.07, 6.45) is 1.79. The SMILES string of the molecule is COc1cc(OCc2nc(-c3ccc(C(=O)NN)cc3)sc2C)c2cc(-c3cn4nc(OC)sc4n3)oc2c1. The van der Waals surface area contributed by atoms with Crippen LogP contribution in [0.2, 0.25) is 0 Å². The molecule has 198 valence electrons. The van der Waals surface area contributed by atoms with Gasteiger partial charge < -0.3 is 18.6 Å². The van der Waals surface area contributed by atoms with Gasteiger partial charge in [0.15, 0.2) is 5.76 Å². The Balaban J connectivity index is 1.27. The molecule has 39 heavy (non-hydrogen) atoms. The molecule has 11 nitrogen and oxygen atoms in total. The molecule has 0 unspecified atom stereocenters. The number of rotatable bonds is 8. The van der Waals surface area contributed by atoms with E-state index < -0.39 is 0 Å². The van der Waals surface area contributed by atoms with Gasteiger partial charge in [-0.3, -0.25) is 10.2 Å². The van der Waals surface area contributed by atoms with Gasteiger partial charge in [0.2, 0.25) is 4.96 Å². The Hall–Kier alpha value is -4.46. The van der Waals surface area contributed by atoms with Crippen molar-refractivity contribution in [1.82, 2.24) is 25.0 Å². The molecule has 4 aromatic heterocycles. The van der Waals surface area contributed by atoms with Gasteiger partial charge in [0.25, 0.3) is 11.1 Å². The van der Waals surface area contributed by atoms with Crippen molar-refractivity contribution >= 4 is 44.5 Å². The van der Waals surface area contributed by atoms with Gasteiger partial charge in [-0.15, -0.1) is 16.4 Å². The molecular formula is C26H22N6O5S2. The van der Waals surface area contributed by atoms with Crippen LogP contribution in [0.15, 0.2) is 53.1 Å². The maximum atomic E-state index is 11.7. The first-order valence-corrected chi connectivity index (χ1v) is 13.3. The Morgan fingerprint density at radius 1 is 1.10 bits per heavy atom. The van der Waals surface area contributed by atoms with E-state index in [0.717, 1.165) is 26.5 Å². The van der Waals surface area contributed by atoms with E-state index in [9.17, 15) is 4.79 Å². The summed E-state index contributed by atoms with van der Waals surface area (Å²) in [5.74, 6) is 6.66. The first kappa shape index (κ1) is 24.9. The number of nitrogens with two attached hydrogens (primary N) is 1. The summed E-state index contributed by atoms with van der Waals surface area (Å²) >= 11 is 2.90. The summed E-state index contributed by atoms with van der Waals surface area (Å²) in [6, 6.07) is 12.6. The minimum atomic E-state index is -0.345. The van der Waals surface area contributed by atoms with Crippen LogP contribution in [0.1, 0.15) is 20.9 Å². The van der Waals surface area contributed by atoms with Crippen molar-refractivity contribution in [3.8, 4) is 38.7 Å². The second-order valence-corrected chi connectivity index (χ2v) is 10.6. The van der Waals surface area contributed by atoms with Crippen LogP contribution in [-0.4, -0.2) is 39.7 Å². The number of furan rings is 1. The molecule has 0 saturated carbocycles. The fourth-order valence-corrected chi connectivity index (χ4v) is 5.63. The van der Waals surface area contributed by atoms with E-state index in [4.69, 9.17) is 29.5 Å². The zero-order chi connectivity index (χ0) is 27.1. The molecule has 13 heteroatoms. The average molecular weight is 563 g/mol. The molecule has 0 aliphatic heterocycles. The number of fused-ring (bicyclic) bond motifs is 2. The lowest BCUT2D eigenvalue weighted by atomic mass is 10.1. The molecule has 6 rings (SSSR count). The van der Waals surface area contributed by atoms with Crippen molar-refractivity contribution in [2.45, 2.75) is 13.5 Å². The largest absolute Gasteiger partial charge is 0.496 e. The Bertz CT molecular complexity index is 1790. The van der Waals surface area contributed by atoms with Gasteiger partial charge in [-0.25, -0.2) is 20.3 Å². The zero-order valence-corrected chi connectivity index (χ0v) is 22.7. The van der Waals surface area contributed by atoms with E-state index in [2.05, 4.69) is 15.5 Å². The van der Waals surface area contributed by atoms with Crippen LogP contribution in [0, 0.1) is 6.92 Å². The summed E-state index contributed by atoms with van der Waals surface area (Å²) in [6.45, 7) is 2.25. The summed E-state index contributed by atoms with van der Waals surface area (Å²) in [5, 5.41) is 6.47. The van der Waals surface area contributed by atoms with Crippen LogP contribution in [0.5, 0.6) is 16.7 Å². The number of imidazole rings is 1. The van der Waals surface area contributed by atoms with Crippen LogP contribution >= 0.6 is 22.7 Å². The Labute approximate surface area is 229 Å². The molecule has 0 aliphatic rings. The number of hydrogen-bond acceptors (Lipinski definition) is 11. The van der Waals surface area contributed by atoms with E-state index in [1.807, 2.05) is 37.3 Å². The number of thiazole rings is 1. The second kappa shape index (κ2) is 10.0. The number of methoxy groups -OCH3 is 2. The minimum Gasteiger partial charge on any atom is -0.496 e. The second-order valence-electron chi connectivity index (χ2n) is 8.43. The van der Waals surface area contributed by atoms with Gasteiger partial charge in [0.1, 0.15) is 34.4 Å². The number of hydrogen-bond donors (Lipinski definition) is 2. The van der Waals surface area contributed by atoms with E-state index in [1.54, 1.807) is 48.4 Å². The highest BCUT2D eigenvalue weighted by atomic mass is 32.1. The summed E-state index contributed by atoms with van der Waals surface area (Å²) < 4.78 is 24.7. The minimum absolute atomic E-state index is 0.253. The molecule has 0 fully saturated rings. The number of aryl methyl sites for hydroxylation is 1. The number of nitrogens with one attached hydrogen (secondary N) is 1. The van der Waals surface area contributed by atoms with Crippen molar-refractivity contribution in [2.24, 2.45) is 5.84 Å². The molecule has 0 bridgehead atoms. The van der Waals surface area contributed by atoms with Crippen molar-refractivity contribution < 1.29 is 23.4 Å². The third-order valence-corrected chi connectivity index (χ3v) is 7.99. The monoisotopic (exact) mass is 562 g/mol. The third kappa shape index (κ3) is 4.67. The first-order valence-electron chi connectivity index (χ1n) is 11.7. The average Bonchev–Trinajstić information content (AvgIpc) is 3.73. The van der Waals surface area contributed by atoms with Crippen molar-refractivity contribution in [2.75, 3.05) is 14.2 Å². The highest BCUT2D eigenvalue weighted by molar-refractivity contribution is 7.18. The predicted octanol–water partition coefficient (Wildman–Crippen LogP) is 4.84. The number of benzene rings is 2. The number of carbonyl (C=O) groups excluding carboxylic acids is 1.